The number of rotatable bonds is 2. The van der Waals surface area contributed by atoms with Crippen molar-refractivity contribution in [1.82, 2.24) is 9.97 Å². The van der Waals surface area contributed by atoms with Crippen LogP contribution in [0, 0.1) is 0 Å². The Morgan fingerprint density at radius 3 is 2.68 bits per heavy atom. The minimum atomic E-state index is 0.492. The van der Waals surface area contributed by atoms with Gasteiger partial charge in [0, 0.05) is 35.5 Å². The van der Waals surface area contributed by atoms with Gasteiger partial charge in [-0.1, -0.05) is 12.1 Å². The van der Waals surface area contributed by atoms with Crippen molar-refractivity contribution in [1.29, 1.82) is 0 Å². The smallest absolute Gasteiger partial charge is 0.128 e. The van der Waals surface area contributed by atoms with Crippen molar-refractivity contribution in [2.45, 2.75) is 6.42 Å². The number of nitrogen functional groups attached to an aromatic ring is 2. The third kappa shape index (κ3) is 2.20. The van der Waals surface area contributed by atoms with E-state index < -0.39 is 0 Å². The first-order valence-corrected chi connectivity index (χ1v) is 6.06. The molecule has 94 valence electrons. The zero-order valence-corrected chi connectivity index (χ0v) is 10.4. The van der Waals surface area contributed by atoms with Gasteiger partial charge in [-0.3, -0.25) is 4.98 Å². The van der Waals surface area contributed by atoms with Gasteiger partial charge in [0.15, 0.2) is 0 Å². The minimum absolute atomic E-state index is 0.492. The van der Waals surface area contributed by atoms with Gasteiger partial charge in [-0.15, -0.1) is 0 Å². The van der Waals surface area contributed by atoms with Gasteiger partial charge in [-0.25, -0.2) is 4.98 Å². The molecule has 3 aromatic rings. The van der Waals surface area contributed by atoms with Gasteiger partial charge in [0.05, 0.1) is 5.52 Å². The normalized spacial score (nSPS) is 10.7. The molecule has 0 radical (unpaired) electrons. The second-order valence-corrected chi connectivity index (χ2v) is 4.47. The summed E-state index contributed by atoms with van der Waals surface area (Å²) in [4.78, 5) is 8.39. The number of aromatic nitrogens is 2. The predicted octanol–water partition coefficient (Wildman–Crippen LogP) is 2.39. The zero-order chi connectivity index (χ0) is 13.2. The molecule has 0 saturated carbocycles. The van der Waals surface area contributed by atoms with E-state index in [4.69, 9.17) is 11.5 Å². The van der Waals surface area contributed by atoms with E-state index >= 15 is 0 Å². The van der Waals surface area contributed by atoms with Gasteiger partial charge in [-0.05, 0) is 29.8 Å². The summed E-state index contributed by atoms with van der Waals surface area (Å²) in [6.07, 6.45) is 4.09. The number of nitrogens with zero attached hydrogens (tertiary/aromatic N) is 2. The van der Waals surface area contributed by atoms with Crippen LogP contribution in [0.4, 0.5) is 11.5 Å². The molecule has 1 aromatic carbocycles. The van der Waals surface area contributed by atoms with Crippen molar-refractivity contribution in [3.63, 3.8) is 0 Å². The number of hydrogen-bond donors (Lipinski definition) is 2. The minimum Gasteiger partial charge on any atom is -0.398 e. The molecule has 0 amide bonds. The maximum absolute atomic E-state index is 5.95. The Morgan fingerprint density at radius 1 is 0.947 bits per heavy atom. The van der Waals surface area contributed by atoms with Crippen molar-refractivity contribution in [2.24, 2.45) is 0 Å². The average Bonchev–Trinajstić information content (AvgIpc) is 2.43. The van der Waals surface area contributed by atoms with Gasteiger partial charge in [0.2, 0.25) is 0 Å². The van der Waals surface area contributed by atoms with Gasteiger partial charge in [0.1, 0.15) is 5.82 Å². The van der Waals surface area contributed by atoms with Crippen LogP contribution in [0.2, 0.25) is 0 Å². The Bertz CT molecular complexity index is 717. The molecule has 4 heteroatoms. The fraction of sp³-hybridized carbons (Fsp3) is 0.0667. The Balaban J connectivity index is 2.01. The highest BCUT2D eigenvalue weighted by Gasteiger charge is 2.06. The van der Waals surface area contributed by atoms with E-state index in [0.29, 0.717) is 17.9 Å². The van der Waals surface area contributed by atoms with E-state index in [1.54, 1.807) is 18.5 Å². The first kappa shape index (κ1) is 11.5. The summed E-state index contributed by atoms with van der Waals surface area (Å²) in [6.45, 7) is 0. The Kier molecular flexibility index (Phi) is 2.76. The standard InChI is InChI=1S/C15H14N4/c16-13-5-7-19-15(17)12(13)9-10-3-4-14-11(8-10)2-1-6-18-14/h1-8H,9H2,(H4,16,17,19). The molecular weight excluding hydrogens is 236 g/mol. The first-order chi connectivity index (χ1) is 9.24. The molecule has 2 aromatic heterocycles. The van der Waals surface area contributed by atoms with Gasteiger partial charge >= 0.3 is 0 Å². The van der Waals surface area contributed by atoms with Crippen LogP contribution in [0.1, 0.15) is 11.1 Å². The third-order valence-electron chi connectivity index (χ3n) is 3.17. The fourth-order valence-electron chi connectivity index (χ4n) is 2.16. The molecule has 19 heavy (non-hydrogen) atoms. The topological polar surface area (TPSA) is 77.8 Å². The first-order valence-electron chi connectivity index (χ1n) is 6.06. The lowest BCUT2D eigenvalue weighted by molar-refractivity contribution is 1.16. The van der Waals surface area contributed by atoms with Crippen LogP contribution in [-0.2, 0) is 6.42 Å². The maximum Gasteiger partial charge on any atom is 0.128 e. The van der Waals surface area contributed by atoms with E-state index in [-0.39, 0.29) is 0 Å². The second-order valence-electron chi connectivity index (χ2n) is 4.47. The number of hydrogen-bond acceptors (Lipinski definition) is 4. The van der Waals surface area contributed by atoms with E-state index in [9.17, 15) is 0 Å². The van der Waals surface area contributed by atoms with Crippen molar-refractivity contribution in [3.8, 4) is 0 Å². The highest BCUT2D eigenvalue weighted by atomic mass is 14.8. The lowest BCUT2D eigenvalue weighted by Gasteiger charge is -2.08. The molecule has 0 aliphatic rings. The lowest BCUT2D eigenvalue weighted by atomic mass is 10.0. The predicted molar refractivity (Wildman–Crippen MR) is 77.6 cm³/mol. The Labute approximate surface area is 111 Å². The molecule has 0 unspecified atom stereocenters. The van der Waals surface area contributed by atoms with Crippen LogP contribution in [0.3, 0.4) is 0 Å². The molecule has 0 spiro atoms. The number of pyridine rings is 2. The van der Waals surface area contributed by atoms with Gasteiger partial charge < -0.3 is 11.5 Å². The van der Waals surface area contributed by atoms with Crippen LogP contribution < -0.4 is 11.5 Å². The van der Waals surface area contributed by atoms with Gasteiger partial charge in [0.25, 0.3) is 0 Å². The number of anilines is 2. The largest absolute Gasteiger partial charge is 0.398 e. The van der Waals surface area contributed by atoms with E-state index in [2.05, 4.69) is 16.0 Å². The summed E-state index contributed by atoms with van der Waals surface area (Å²) < 4.78 is 0. The van der Waals surface area contributed by atoms with E-state index in [0.717, 1.165) is 22.0 Å². The molecule has 2 heterocycles. The maximum atomic E-state index is 5.95. The summed E-state index contributed by atoms with van der Waals surface area (Å²) in [6, 6.07) is 11.9. The zero-order valence-electron chi connectivity index (χ0n) is 10.4. The summed E-state index contributed by atoms with van der Waals surface area (Å²) in [5.74, 6) is 0.492. The molecule has 0 saturated heterocycles. The van der Waals surface area contributed by atoms with Crippen LogP contribution in [-0.4, -0.2) is 9.97 Å². The Hall–Kier alpha value is -2.62. The fourth-order valence-corrected chi connectivity index (χ4v) is 2.16. The molecule has 0 aliphatic carbocycles. The number of nitrogens with two attached hydrogens (primary N) is 2. The second kappa shape index (κ2) is 4.57. The average molecular weight is 250 g/mol. The molecule has 0 atom stereocenters. The van der Waals surface area contributed by atoms with E-state index in [1.807, 2.05) is 24.3 Å². The van der Waals surface area contributed by atoms with Crippen molar-refractivity contribution < 1.29 is 0 Å². The van der Waals surface area contributed by atoms with Gasteiger partial charge in [-0.2, -0.15) is 0 Å². The third-order valence-corrected chi connectivity index (χ3v) is 3.17. The van der Waals surface area contributed by atoms with Crippen molar-refractivity contribution in [3.05, 3.63) is 59.9 Å². The van der Waals surface area contributed by atoms with Crippen molar-refractivity contribution >= 4 is 22.4 Å². The van der Waals surface area contributed by atoms with Crippen molar-refractivity contribution in [2.75, 3.05) is 11.5 Å². The molecule has 4 N–H and O–H groups in total. The van der Waals surface area contributed by atoms with Crippen LogP contribution in [0.15, 0.2) is 48.8 Å². The number of fused-ring (bicyclic) bond motifs is 1. The molecule has 3 rings (SSSR count). The molecular formula is C15H14N4. The summed E-state index contributed by atoms with van der Waals surface area (Å²) in [7, 11) is 0. The number of benzene rings is 1. The molecule has 0 fully saturated rings. The molecule has 4 nitrogen and oxygen atoms in total. The van der Waals surface area contributed by atoms with Crippen LogP contribution in [0.25, 0.3) is 10.9 Å². The summed E-state index contributed by atoms with van der Waals surface area (Å²) in [5.41, 5.74) is 15.5. The molecule has 0 aliphatic heterocycles. The van der Waals surface area contributed by atoms with E-state index in [1.165, 1.54) is 0 Å². The quantitative estimate of drug-likeness (QED) is 0.732. The highest BCUT2D eigenvalue weighted by Crippen LogP contribution is 2.22. The van der Waals surface area contributed by atoms with Crippen LogP contribution in [0.5, 0.6) is 0 Å². The summed E-state index contributed by atoms with van der Waals surface area (Å²) in [5, 5.41) is 1.11. The summed E-state index contributed by atoms with van der Waals surface area (Å²) >= 11 is 0. The molecule has 0 bridgehead atoms. The SMILES string of the molecule is Nc1ccnc(N)c1Cc1ccc2ncccc2c1. The Morgan fingerprint density at radius 2 is 1.84 bits per heavy atom. The highest BCUT2D eigenvalue weighted by molar-refractivity contribution is 5.79. The lowest BCUT2D eigenvalue weighted by Crippen LogP contribution is -2.03. The van der Waals surface area contributed by atoms with Crippen LogP contribution >= 0.6 is 0 Å². The monoisotopic (exact) mass is 250 g/mol.